The Labute approximate surface area is 161 Å². The predicted octanol–water partition coefficient (Wildman–Crippen LogP) is 3.39. The molecule has 2 aliphatic rings. The maximum absolute atomic E-state index is 12.8. The largest absolute Gasteiger partial charge is 0.370 e. The van der Waals surface area contributed by atoms with Crippen LogP contribution in [0.1, 0.15) is 29.7 Å². The van der Waals surface area contributed by atoms with Crippen LogP contribution in [-0.2, 0) is 11.8 Å². The molecule has 0 spiro atoms. The highest BCUT2D eigenvalue weighted by atomic mass is 35.5. The Morgan fingerprint density at radius 1 is 1.46 bits per heavy atom. The van der Waals surface area contributed by atoms with E-state index >= 15 is 0 Å². The number of halogens is 1. The maximum Gasteiger partial charge on any atom is 0.318 e. The molecule has 26 heavy (non-hydrogen) atoms. The molecule has 0 aliphatic carbocycles. The molecule has 0 bridgehead atoms. The Kier molecular flexibility index (Phi) is 5.11. The Bertz CT molecular complexity index is 812. The van der Waals surface area contributed by atoms with Crippen LogP contribution in [0.25, 0.3) is 0 Å². The van der Waals surface area contributed by atoms with Crippen molar-refractivity contribution in [2.75, 3.05) is 25.4 Å². The van der Waals surface area contributed by atoms with Crippen molar-refractivity contribution in [3.8, 4) is 0 Å². The lowest BCUT2D eigenvalue weighted by atomic mass is 10.0. The Balaban J connectivity index is 1.44. The molecule has 6 nitrogen and oxygen atoms in total. The molecule has 4 rings (SSSR count). The van der Waals surface area contributed by atoms with E-state index in [0.29, 0.717) is 24.7 Å². The van der Waals surface area contributed by atoms with Crippen LogP contribution < -0.4 is 5.32 Å². The molecule has 1 N–H and O–H groups in total. The van der Waals surface area contributed by atoms with Crippen LogP contribution in [0, 0.1) is 0 Å². The van der Waals surface area contributed by atoms with Crippen molar-refractivity contribution in [2.45, 2.75) is 23.5 Å². The number of thioether (sulfide) groups is 1. The number of amides is 2. The maximum atomic E-state index is 12.8. The SMILES string of the molecule is Cn1cc(C2CN(C(=O)NC3CCSc4ccc(Cl)cc43)CCO2)cn1. The van der Waals surface area contributed by atoms with E-state index in [1.54, 1.807) is 10.9 Å². The van der Waals surface area contributed by atoms with Gasteiger partial charge in [-0.1, -0.05) is 11.6 Å². The number of carbonyl (C=O) groups is 1. The highest BCUT2D eigenvalue weighted by molar-refractivity contribution is 7.99. The summed E-state index contributed by atoms with van der Waals surface area (Å²) in [6.07, 6.45) is 4.50. The normalized spacial score (nSPS) is 22.8. The number of hydrogen-bond acceptors (Lipinski definition) is 4. The predicted molar refractivity (Wildman–Crippen MR) is 102 cm³/mol. The van der Waals surface area contributed by atoms with Crippen LogP contribution in [-0.4, -0.2) is 46.2 Å². The van der Waals surface area contributed by atoms with E-state index in [-0.39, 0.29) is 18.2 Å². The van der Waals surface area contributed by atoms with Crippen molar-refractivity contribution < 1.29 is 9.53 Å². The quantitative estimate of drug-likeness (QED) is 0.851. The summed E-state index contributed by atoms with van der Waals surface area (Å²) in [7, 11) is 1.88. The molecule has 2 amide bonds. The van der Waals surface area contributed by atoms with Crippen molar-refractivity contribution in [3.63, 3.8) is 0 Å². The minimum Gasteiger partial charge on any atom is -0.370 e. The summed E-state index contributed by atoms with van der Waals surface area (Å²) in [5.41, 5.74) is 2.11. The molecule has 2 aromatic rings. The Hall–Kier alpha value is -1.70. The first-order valence-corrected chi connectivity index (χ1v) is 10.0. The summed E-state index contributed by atoms with van der Waals surface area (Å²) in [4.78, 5) is 15.9. The third kappa shape index (κ3) is 3.70. The molecule has 2 atom stereocenters. The molecule has 1 aromatic carbocycles. The van der Waals surface area contributed by atoms with Gasteiger partial charge in [-0.15, -0.1) is 11.8 Å². The van der Waals surface area contributed by atoms with Gasteiger partial charge in [0.25, 0.3) is 0 Å². The number of aromatic nitrogens is 2. The molecule has 0 saturated carbocycles. The third-order valence-electron chi connectivity index (χ3n) is 4.76. The van der Waals surface area contributed by atoms with Crippen LogP contribution in [0.5, 0.6) is 0 Å². The zero-order valence-electron chi connectivity index (χ0n) is 14.5. The zero-order chi connectivity index (χ0) is 18.1. The van der Waals surface area contributed by atoms with Gasteiger partial charge >= 0.3 is 6.03 Å². The Morgan fingerprint density at radius 2 is 2.35 bits per heavy atom. The van der Waals surface area contributed by atoms with E-state index in [2.05, 4.69) is 10.4 Å². The van der Waals surface area contributed by atoms with Gasteiger partial charge < -0.3 is 15.0 Å². The zero-order valence-corrected chi connectivity index (χ0v) is 16.1. The molecular weight excluding hydrogens is 372 g/mol. The number of nitrogens with zero attached hydrogens (tertiary/aromatic N) is 3. The van der Waals surface area contributed by atoms with Gasteiger partial charge in [-0.3, -0.25) is 4.68 Å². The molecule has 1 aromatic heterocycles. The number of fused-ring (bicyclic) bond motifs is 1. The summed E-state index contributed by atoms with van der Waals surface area (Å²) >= 11 is 7.97. The van der Waals surface area contributed by atoms with Crippen molar-refractivity contribution in [2.24, 2.45) is 7.05 Å². The third-order valence-corrected chi connectivity index (χ3v) is 6.12. The summed E-state index contributed by atoms with van der Waals surface area (Å²) in [6.45, 7) is 1.64. The highest BCUT2D eigenvalue weighted by Gasteiger charge is 2.29. The van der Waals surface area contributed by atoms with Gasteiger partial charge in [-0.2, -0.15) is 5.10 Å². The van der Waals surface area contributed by atoms with E-state index in [1.165, 1.54) is 4.90 Å². The molecule has 8 heteroatoms. The van der Waals surface area contributed by atoms with Crippen LogP contribution in [0.3, 0.4) is 0 Å². The summed E-state index contributed by atoms with van der Waals surface area (Å²) in [5.74, 6) is 0.987. The van der Waals surface area contributed by atoms with Gasteiger partial charge in [-0.25, -0.2) is 4.79 Å². The average Bonchev–Trinajstić information content (AvgIpc) is 3.09. The molecule has 138 valence electrons. The van der Waals surface area contributed by atoms with Crippen molar-refractivity contribution in [1.82, 2.24) is 20.0 Å². The fourth-order valence-electron chi connectivity index (χ4n) is 3.40. The van der Waals surface area contributed by atoms with E-state index in [1.807, 2.05) is 48.1 Å². The monoisotopic (exact) mass is 392 g/mol. The van der Waals surface area contributed by atoms with Gasteiger partial charge in [0.15, 0.2) is 0 Å². The second-order valence-corrected chi connectivity index (χ2v) is 8.15. The minimum atomic E-state index is -0.133. The van der Waals surface area contributed by atoms with Gasteiger partial charge in [0.05, 0.1) is 25.4 Å². The number of ether oxygens (including phenoxy) is 1. The van der Waals surface area contributed by atoms with E-state index in [9.17, 15) is 4.79 Å². The molecule has 3 heterocycles. The van der Waals surface area contributed by atoms with Crippen LogP contribution in [0.4, 0.5) is 4.79 Å². The van der Waals surface area contributed by atoms with Gasteiger partial charge in [0.2, 0.25) is 0 Å². The smallest absolute Gasteiger partial charge is 0.318 e. The van der Waals surface area contributed by atoms with E-state index in [4.69, 9.17) is 16.3 Å². The summed E-state index contributed by atoms with van der Waals surface area (Å²) in [5, 5.41) is 8.08. The second kappa shape index (κ2) is 7.50. The summed E-state index contributed by atoms with van der Waals surface area (Å²) in [6, 6.07) is 5.85. The fraction of sp³-hybridized carbons (Fsp3) is 0.444. The van der Waals surface area contributed by atoms with Gasteiger partial charge in [0, 0.05) is 41.0 Å². The molecule has 1 fully saturated rings. The average molecular weight is 393 g/mol. The molecule has 1 saturated heterocycles. The molecule has 0 radical (unpaired) electrons. The minimum absolute atomic E-state index is 0.00265. The number of rotatable bonds is 2. The first-order chi connectivity index (χ1) is 12.6. The van der Waals surface area contributed by atoms with Crippen molar-refractivity contribution in [1.29, 1.82) is 0 Å². The molecule has 2 aliphatic heterocycles. The van der Waals surface area contributed by atoms with Crippen molar-refractivity contribution >= 4 is 29.4 Å². The number of urea groups is 1. The number of morpholine rings is 1. The van der Waals surface area contributed by atoms with Crippen LogP contribution in [0.15, 0.2) is 35.5 Å². The fourth-order valence-corrected chi connectivity index (χ4v) is 4.68. The van der Waals surface area contributed by atoms with E-state index < -0.39 is 0 Å². The summed E-state index contributed by atoms with van der Waals surface area (Å²) < 4.78 is 7.57. The molecular formula is C18H21ClN4O2S. The van der Waals surface area contributed by atoms with Gasteiger partial charge in [0.1, 0.15) is 6.10 Å². The lowest BCUT2D eigenvalue weighted by molar-refractivity contribution is -0.0158. The van der Waals surface area contributed by atoms with Crippen molar-refractivity contribution in [3.05, 3.63) is 46.7 Å². The van der Waals surface area contributed by atoms with Gasteiger partial charge in [-0.05, 0) is 30.2 Å². The van der Waals surface area contributed by atoms with Crippen LogP contribution in [0.2, 0.25) is 5.02 Å². The number of benzene rings is 1. The second-order valence-electron chi connectivity index (χ2n) is 6.57. The first-order valence-electron chi connectivity index (χ1n) is 8.68. The topological polar surface area (TPSA) is 59.4 Å². The van der Waals surface area contributed by atoms with Crippen LogP contribution >= 0.6 is 23.4 Å². The Morgan fingerprint density at radius 3 is 3.15 bits per heavy atom. The number of carbonyl (C=O) groups excluding carboxylic acids is 1. The lowest BCUT2D eigenvalue weighted by Gasteiger charge is -2.34. The standard InChI is InChI=1S/C18H21ClN4O2S/c1-22-10-12(9-20-22)16-11-23(5-6-25-16)18(24)21-15-4-7-26-17-3-2-13(19)8-14(15)17/h2-3,8-10,15-16H,4-7,11H2,1H3,(H,21,24). The first kappa shape index (κ1) is 17.7. The molecule has 2 unspecified atom stereocenters. The van der Waals surface area contributed by atoms with E-state index in [0.717, 1.165) is 23.3 Å². The highest BCUT2D eigenvalue weighted by Crippen LogP contribution is 2.37. The number of aryl methyl sites for hydroxylation is 1. The lowest BCUT2D eigenvalue weighted by Crippen LogP contribution is -2.48. The number of hydrogen-bond donors (Lipinski definition) is 1. The number of nitrogens with one attached hydrogen (secondary N) is 1.